The molecule has 0 radical (unpaired) electrons. The van der Waals surface area contributed by atoms with Crippen molar-refractivity contribution in [1.29, 1.82) is 0 Å². The first kappa shape index (κ1) is 13.5. The topological polar surface area (TPSA) is 87.3 Å². The number of rotatable bonds is 4. The zero-order valence-electron chi connectivity index (χ0n) is 11.5. The Morgan fingerprint density at radius 2 is 2.20 bits per heavy atom. The van der Waals surface area contributed by atoms with Gasteiger partial charge in [0.15, 0.2) is 0 Å². The van der Waals surface area contributed by atoms with Crippen molar-refractivity contribution < 1.29 is 5.11 Å². The van der Waals surface area contributed by atoms with Gasteiger partial charge in [-0.3, -0.25) is 5.43 Å². The van der Waals surface area contributed by atoms with Crippen LogP contribution in [0.1, 0.15) is 25.7 Å². The first-order chi connectivity index (χ1) is 9.61. The number of thiophene rings is 1. The fourth-order valence-electron chi connectivity index (χ4n) is 2.90. The summed E-state index contributed by atoms with van der Waals surface area (Å²) in [7, 11) is 1.95. The lowest BCUT2D eigenvalue weighted by Crippen LogP contribution is -2.39. The van der Waals surface area contributed by atoms with E-state index in [1.807, 2.05) is 23.4 Å². The van der Waals surface area contributed by atoms with Crippen molar-refractivity contribution in [3.8, 4) is 0 Å². The molecule has 6 nitrogen and oxygen atoms in total. The van der Waals surface area contributed by atoms with Crippen molar-refractivity contribution in [1.82, 2.24) is 9.97 Å². The fraction of sp³-hybridized carbons (Fsp3) is 0.538. The number of nitrogens with one attached hydrogen (secondary N) is 1. The summed E-state index contributed by atoms with van der Waals surface area (Å²) in [5.41, 5.74) is 1.90. The van der Waals surface area contributed by atoms with Gasteiger partial charge in [-0.15, -0.1) is 11.3 Å². The monoisotopic (exact) mass is 293 g/mol. The Hall–Kier alpha value is -1.44. The third-order valence-corrected chi connectivity index (χ3v) is 4.67. The quantitative estimate of drug-likeness (QED) is 0.588. The Morgan fingerprint density at radius 3 is 2.90 bits per heavy atom. The lowest BCUT2D eigenvalue weighted by Gasteiger charge is -2.29. The Kier molecular flexibility index (Phi) is 3.49. The molecule has 7 heteroatoms. The average molecular weight is 293 g/mol. The van der Waals surface area contributed by atoms with Crippen molar-refractivity contribution >= 4 is 33.3 Å². The third-order valence-electron chi connectivity index (χ3n) is 3.86. The van der Waals surface area contributed by atoms with Gasteiger partial charge in [0.2, 0.25) is 5.95 Å². The highest BCUT2D eigenvalue weighted by Gasteiger charge is 2.33. The van der Waals surface area contributed by atoms with Crippen LogP contribution in [0.15, 0.2) is 11.4 Å². The minimum absolute atomic E-state index is 0.403. The molecule has 0 bridgehead atoms. The van der Waals surface area contributed by atoms with Crippen LogP contribution < -0.4 is 16.2 Å². The first-order valence-electron chi connectivity index (χ1n) is 6.77. The first-order valence-corrected chi connectivity index (χ1v) is 7.65. The van der Waals surface area contributed by atoms with E-state index in [0.29, 0.717) is 12.5 Å². The molecule has 0 aliphatic heterocycles. The number of anilines is 2. The number of nitrogens with two attached hydrogens (primary N) is 1. The van der Waals surface area contributed by atoms with Gasteiger partial charge in [0.05, 0.1) is 11.0 Å². The molecule has 2 aromatic rings. The van der Waals surface area contributed by atoms with Crippen LogP contribution >= 0.6 is 11.3 Å². The number of likely N-dealkylation sites (N-methyl/N-ethyl adjacent to an activating group) is 1. The number of hydrogen-bond donors (Lipinski definition) is 3. The van der Waals surface area contributed by atoms with Crippen LogP contribution in [-0.4, -0.2) is 34.3 Å². The van der Waals surface area contributed by atoms with Gasteiger partial charge >= 0.3 is 0 Å². The number of fused-ring (bicyclic) bond motifs is 1. The van der Waals surface area contributed by atoms with Gasteiger partial charge in [-0.25, -0.2) is 10.8 Å². The van der Waals surface area contributed by atoms with Gasteiger partial charge in [0.25, 0.3) is 0 Å². The highest BCUT2D eigenvalue weighted by Crippen LogP contribution is 2.33. The van der Waals surface area contributed by atoms with Crippen molar-refractivity contribution in [2.75, 3.05) is 23.9 Å². The molecule has 20 heavy (non-hydrogen) atoms. The van der Waals surface area contributed by atoms with Crippen LogP contribution in [0.25, 0.3) is 10.2 Å². The minimum Gasteiger partial charge on any atom is -0.388 e. The van der Waals surface area contributed by atoms with E-state index >= 15 is 0 Å². The Bertz CT molecular complexity index is 608. The standard InChI is InChI=1S/C13H19N5OS/c1-18(8-13(19)5-2-3-6-13)10-9-4-7-20-11(9)16-12(15-10)17-14/h4,7,19H,2-3,5-6,8,14H2,1H3,(H,15,16,17). The van der Waals surface area contributed by atoms with Gasteiger partial charge in [-0.2, -0.15) is 4.98 Å². The molecule has 1 aliphatic carbocycles. The molecule has 0 saturated heterocycles. The molecule has 108 valence electrons. The minimum atomic E-state index is -0.599. The van der Waals surface area contributed by atoms with E-state index in [4.69, 9.17) is 5.84 Å². The number of hydrazine groups is 1. The molecular weight excluding hydrogens is 274 g/mol. The molecule has 1 fully saturated rings. The van der Waals surface area contributed by atoms with Crippen LogP contribution in [0.3, 0.4) is 0 Å². The summed E-state index contributed by atoms with van der Waals surface area (Å²) >= 11 is 1.55. The summed E-state index contributed by atoms with van der Waals surface area (Å²) in [5, 5.41) is 13.5. The molecule has 0 atom stereocenters. The lowest BCUT2D eigenvalue weighted by molar-refractivity contribution is 0.0558. The summed E-state index contributed by atoms with van der Waals surface area (Å²) in [6.07, 6.45) is 3.91. The Labute approximate surface area is 121 Å². The summed E-state index contributed by atoms with van der Waals surface area (Å²) in [4.78, 5) is 11.7. The van der Waals surface area contributed by atoms with Crippen molar-refractivity contribution in [3.63, 3.8) is 0 Å². The smallest absolute Gasteiger partial charge is 0.240 e. The van der Waals surface area contributed by atoms with Crippen LogP contribution in [0, 0.1) is 0 Å². The summed E-state index contributed by atoms with van der Waals surface area (Å²) < 4.78 is 0. The van der Waals surface area contributed by atoms with E-state index in [1.165, 1.54) is 0 Å². The van der Waals surface area contributed by atoms with Gasteiger partial charge in [-0.1, -0.05) is 12.8 Å². The van der Waals surface area contributed by atoms with E-state index in [1.54, 1.807) is 11.3 Å². The molecular formula is C13H19N5OS. The van der Waals surface area contributed by atoms with E-state index in [2.05, 4.69) is 15.4 Å². The van der Waals surface area contributed by atoms with Crippen LogP contribution in [-0.2, 0) is 0 Å². The largest absolute Gasteiger partial charge is 0.388 e. The fourth-order valence-corrected chi connectivity index (χ4v) is 3.66. The van der Waals surface area contributed by atoms with E-state index in [9.17, 15) is 5.11 Å². The van der Waals surface area contributed by atoms with E-state index in [-0.39, 0.29) is 0 Å². The number of nitrogen functional groups attached to an aromatic ring is 1. The zero-order chi connectivity index (χ0) is 14.2. The van der Waals surface area contributed by atoms with Gasteiger partial charge in [0, 0.05) is 13.6 Å². The molecule has 1 aliphatic rings. The molecule has 4 N–H and O–H groups in total. The second-order valence-corrected chi connectivity index (χ2v) is 6.34. The predicted molar refractivity (Wildman–Crippen MR) is 81.9 cm³/mol. The molecule has 0 aromatic carbocycles. The second-order valence-electron chi connectivity index (χ2n) is 5.44. The summed E-state index contributed by atoms with van der Waals surface area (Å²) in [6.45, 7) is 0.582. The molecule has 3 rings (SSSR count). The SMILES string of the molecule is CN(CC1(O)CCCC1)c1nc(NN)nc2sccc12. The van der Waals surface area contributed by atoms with Crippen LogP contribution in [0.2, 0.25) is 0 Å². The number of nitrogens with zero attached hydrogens (tertiary/aromatic N) is 3. The Morgan fingerprint density at radius 1 is 1.45 bits per heavy atom. The van der Waals surface area contributed by atoms with E-state index in [0.717, 1.165) is 41.7 Å². The summed E-state index contributed by atoms with van der Waals surface area (Å²) in [6, 6.07) is 2.00. The van der Waals surface area contributed by atoms with Gasteiger partial charge < -0.3 is 10.0 Å². The Balaban J connectivity index is 1.93. The molecule has 1 saturated carbocycles. The third kappa shape index (κ3) is 2.44. The van der Waals surface area contributed by atoms with Crippen LogP contribution in [0.5, 0.6) is 0 Å². The second kappa shape index (κ2) is 5.16. The van der Waals surface area contributed by atoms with Crippen LogP contribution in [0.4, 0.5) is 11.8 Å². The molecule has 0 spiro atoms. The van der Waals surface area contributed by atoms with Crippen molar-refractivity contribution in [2.45, 2.75) is 31.3 Å². The zero-order valence-corrected chi connectivity index (χ0v) is 12.3. The molecule has 2 aromatic heterocycles. The summed E-state index contributed by atoms with van der Waals surface area (Å²) in [5.74, 6) is 6.64. The molecule has 0 unspecified atom stereocenters. The predicted octanol–water partition coefficient (Wildman–Crippen LogP) is 1.72. The maximum Gasteiger partial charge on any atom is 0.240 e. The maximum atomic E-state index is 10.5. The molecule has 0 amide bonds. The average Bonchev–Trinajstić information content (AvgIpc) is 3.05. The van der Waals surface area contributed by atoms with Gasteiger partial charge in [-0.05, 0) is 24.3 Å². The lowest BCUT2D eigenvalue weighted by atomic mass is 10.0. The number of aliphatic hydroxyl groups is 1. The number of hydrogen-bond acceptors (Lipinski definition) is 7. The molecule has 2 heterocycles. The van der Waals surface area contributed by atoms with E-state index < -0.39 is 5.60 Å². The normalized spacial score (nSPS) is 17.6. The van der Waals surface area contributed by atoms with Gasteiger partial charge in [0.1, 0.15) is 10.6 Å². The highest BCUT2D eigenvalue weighted by molar-refractivity contribution is 7.16. The highest BCUT2D eigenvalue weighted by atomic mass is 32.1. The maximum absolute atomic E-state index is 10.5. The number of aromatic nitrogens is 2. The van der Waals surface area contributed by atoms with Crippen molar-refractivity contribution in [2.24, 2.45) is 5.84 Å². The van der Waals surface area contributed by atoms with Crippen molar-refractivity contribution in [3.05, 3.63) is 11.4 Å².